The lowest BCUT2D eigenvalue weighted by Crippen LogP contribution is -2.48. The van der Waals surface area contributed by atoms with Gasteiger partial charge in [0.05, 0.1) is 6.42 Å². The standard InChI is InChI=1S/C21H38N4O6/c1-6-15-30-20(29)24-12-8-7-9-16(19(28)23-14-13-22-5)25-17(26)10-11-18(27)31-21(2,3)4/h6,16,22H,1,7-15H2,2-5H3,(H,23,28)(H,24,29)(H,25,26)/t16-/m0/s1. The molecule has 178 valence electrons. The van der Waals surface area contributed by atoms with E-state index < -0.39 is 29.6 Å². The van der Waals surface area contributed by atoms with Crippen LogP contribution in [0.15, 0.2) is 12.7 Å². The number of nitrogens with one attached hydrogen (secondary N) is 4. The fourth-order valence-electron chi connectivity index (χ4n) is 2.43. The van der Waals surface area contributed by atoms with Gasteiger partial charge in [0, 0.05) is 26.1 Å². The van der Waals surface area contributed by atoms with E-state index in [9.17, 15) is 19.2 Å². The van der Waals surface area contributed by atoms with Crippen LogP contribution in [-0.2, 0) is 23.9 Å². The van der Waals surface area contributed by atoms with Crippen molar-refractivity contribution in [1.82, 2.24) is 21.3 Å². The highest BCUT2D eigenvalue weighted by Gasteiger charge is 2.22. The minimum Gasteiger partial charge on any atom is -0.460 e. The summed E-state index contributed by atoms with van der Waals surface area (Å²) in [6, 6.07) is -0.726. The fourth-order valence-corrected chi connectivity index (χ4v) is 2.43. The Bertz CT molecular complexity index is 589. The molecule has 0 aliphatic carbocycles. The summed E-state index contributed by atoms with van der Waals surface area (Å²) >= 11 is 0. The molecule has 4 N–H and O–H groups in total. The Labute approximate surface area is 184 Å². The molecule has 0 aromatic carbocycles. The molecule has 0 rings (SSSR count). The Morgan fingerprint density at radius 3 is 2.32 bits per heavy atom. The molecule has 0 radical (unpaired) electrons. The zero-order valence-corrected chi connectivity index (χ0v) is 19.2. The highest BCUT2D eigenvalue weighted by molar-refractivity contribution is 5.88. The summed E-state index contributed by atoms with van der Waals surface area (Å²) < 4.78 is 9.99. The molecule has 0 bridgehead atoms. The van der Waals surface area contributed by atoms with Crippen LogP contribution in [0.3, 0.4) is 0 Å². The largest absolute Gasteiger partial charge is 0.460 e. The van der Waals surface area contributed by atoms with E-state index in [2.05, 4.69) is 27.8 Å². The van der Waals surface area contributed by atoms with Gasteiger partial charge in [-0.1, -0.05) is 12.7 Å². The summed E-state index contributed by atoms with van der Waals surface area (Å²) in [6.45, 7) is 10.3. The third-order valence-corrected chi connectivity index (χ3v) is 3.82. The predicted octanol–water partition coefficient (Wildman–Crippen LogP) is 1.01. The maximum Gasteiger partial charge on any atom is 0.407 e. The second kappa shape index (κ2) is 16.1. The molecule has 0 fully saturated rings. The van der Waals surface area contributed by atoms with Gasteiger partial charge in [-0.25, -0.2) is 4.79 Å². The highest BCUT2D eigenvalue weighted by atomic mass is 16.6. The van der Waals surface area contributed by atoms with E-state index in [1.165, 1.54) is 6.08 Å². The van der Waals surface area contributed by atoms with Gasteiger partial charge < -0.3 is 30.7 Å². The fraction of sp³-hybridized carbons (Fsp3) is 0.714. The number of hydrogen-bond donors (Lipinski definition) is 4. The van der Waals surface area contributed by atoms with E-state index in [0.29, 0.717) is 38.9 Å². The number of rotatable bonds is 15. The molecule has 0 aromatic rings. The SMILES string of the molecule is C=CCOC(=O)NCCCC[C@H](NC(=O)CCC(=O)OC(C)(C)C)C(=O)NCCNC. The lowest BCUT2D eigenvalue weighted by Gasteiger charge is -2.20. The molecule has 3 amide bonds. The average Bonchev–Trinajstić information content (AvgIpc) is 2.68. The van der Waals surface area contributed by atoms with Crippen LogP contribution >= 0.6 is 0 Å². The first kappa shape index (κ1) is 28.4. The van der Waals surface area contributed by atoms with Crippen molar-refractivity contribution >= 4 is 23.9 Å². The van der Waals surface area contributed by atoms with Gasteiger partial charge in [-0.2, -0.15) is 0 Å². The molecule has 10 heteroatoms. The van der Waals surface area contributed by atoms with E-state index >= 15 is 0 Å². The van der Waals surface area contributed by atoms with Gasteiger partial charge in [0.15, 0.2) is 0 Å². The summed E-state index contributed by atoms with van der Waals surface area (Å²) in [7, 11) is 1.77. The number of hydrogen-bond acceptors (Lipinski definition) is 7. The number of amides is 3. The topological polar surface area (TPSA) is 135 Å². The minimum absolute atomic E-state index is 0.0616. The van der Waals surface area contributed by atoms with Crippen molar-refractivity contribution in [2.24, 2.45) is 0 Å². The molecular formula is C21H38N4O6. The summed E-state index contributed by atoms with van der Waals surface area (Å²) in [5.74, 6) is -1.16. The summed E-state index contributed by atoms with van der Waals surface area (Å²) in [5, 5.41) is 11.0. The second-order valence-electron chi connectivity index (χ2n) is 7.91. The Balaban J connectivity index is 4.50. The molecule has 0 spiro atoms. The van der Waals surface area contributed by atoms with Gasteiger partial charge in [0.2, 0.25) is 11.8 Å². The van der Waals surface area contributed by atoms with Gasteiger partial charge in [0.1, 0.15) is 18.2 Å². The van der Waals surface area contributed by atoms with Gasteiger partial charge in [-0.15, -0.1) is 0 Å². The van der Waals surface area contributed by atoms with Crippen molar-refractivity contribution in [3.05, 3.63) is 12.7 Å². The predicted molar refractivity (Wildman–Crippen MR) is 117 cm³/mol. The molecule has 0 aromatic heterocycles. The minimum atomic E-state index is -0.726. The Kier molecular flexibility index (Phi) is 14.8. The van der Waals surface area contributed by atoms with E-state index in [-0.39, 0.29) is 25.4 Å². The first-order chi connectivity index (χ1) is 14.6. The van der Waals surface area contributed by atoms with E-state index in [1.807, 2.05) is 0 Å². The smallest absolute Gasteiger partial charge is 0.407 e. The van der Waals surface area contributed by atoms with Gasteiger partial charge in [-0.3, -0.25) is 14.4 Å². The van der Waals surface area contributed by atoms with Crippen LogP contribution < -0.4 is 21.3 Å². The molecule has 0 unspecified atom stereocenters. The summed E-state index contributed by atoms with van der Waals surface area (Å²) in [6.07, 6.45) is 2.42. The van der Waals surface area contributed by atoms with Crippen molar-refractivity contribution in [3.8, 4) is 0 Å². The molecule has 31 heavy (non-hydrogen) atoms. The van der Waals surface area contributed by atoms with Crippen molar-refractivity contribution in [2.45, 2.75) is 64.5 Å². The molecule has 0 aliphatic heterocycles. The molecule has 1 atom stereocenters. The van der Waals surface area contributed by atoms with Crippen molar-refractivity contribution in [2.75, 3.05) is 33.3 Å². The quantitative estimate of drug-likeness (QED) is 0.169. The summed E-state index contributed by atoms with van der Waals surface area (Å²) in [5.41, 5.74) is -0.616. The number of ether oxygens (including phenoxy) is 2. The molecule has 0 saturated carbocycles. The number of likely N-dealkylation sites (N-methyl/N-ethyl adjacent to an activating group) is 1. The number of alkyl carbamates (subject to hydrolysis) is 1. The maximum absolute atomic E-state index is 12.4. The average molecular weight is 443 g/mol. The molecule has 0 heterocycles. The third-order valence-electron chi connectivity index (χ3n) is 3.82. The van der Waals surface area contributed by atoms with Crippen molar-refractivity contribution in [1.29, 1.82) is 0 Å². The summed E-state index contributed by atoms with van der Waals surface area (Å²) in [4.78, 5) is 47.8. The first-order valence-electron chi connectivity index (χ1n) is 10.5. The number of esters is 1. The number of carbonyl (C=O) groups is 4. The van der Waals surface area contributed by atoms with Crippen LogP contribution in [0.1, 0.15) is 52.9 Å². The lowest BCUT2D eigenvalue weighted by molar-refractivity contribution is -0.155. The highest BCUT2D eigenvalue weighted by Crippen LogP contribution is 2.09. The molecular weight excluding hydrogens is 404 g/mol. The lowest BCUT2D eigenvalue weighted by atomic mass is 10.1. The van der Waals surface area contributed by atoms with E-state index in [1.54, 1.807) is 27.8 Å². The van der Waals surface area contributed by atoms with E-state index in [4.69, 9.17) is 9.47 Å². The maximum atomic E-state index is 12.4. The van der Waals surface area contributed by atoms with Crippen LogP contribution in [0.4, 0.5) is 4.79 Å². The van der Waals surface area contributed by atoms with E-state index in [0.717, 1.165) is 0 Å². The zero-order valence-electron chi connectivity index (χ0n) is 19.2. The second-order valence-corrected chi connectivity index (χ2v) is 7.91. The van der Waals surface area contributed by atoms with Crippen LogP contribution in [0.2, 0.25) is 0 Å². The van der Waals surface area contributed by atoms with Gasteiger partial charge in [0.25, 0.3) is 0 Å². The van der Waals surface area contributed by atoms with Crippen molar-refractivity contribution in [3.63, 3.8) is 0 Å². The third kappa shape index (κ3) is 16.8. The van der Waals surface area contributed by atoms with Gasteiger partial charge in [-0.05, 0) is 47.1 Å². The number of carbonyl (C=O) groups excluding carboxylic acids is 4. The zero-order chi connectivity index (χ0) is 23.7. The van der Waals surface area contributed by atoms with Crippen LogP contribution in [0, 0.1) is 0 Å². The monoisotopic (exact) mass is 442 g/mol. The normalized spacial score (nSPS) is 11.7. The molecule has 0 saturated heterocycles. The van der Waals surface area contributed by atoms with Crippen LogP contribution in [-0.4, -0.2) is 68.8 Å². The first-order valence-corrected chi connectivity index (χ1v) is 10.5. The molecule has 10 nitrogen and oxygen atoms in total. The number of unbranched alkanes of at least 4 members (excludes halogenated alkanes) is 1. The van der Waals surface area contributed by atoms with Crippen LogP contribution in [0.25, 0.3) is 0 Å². The Morgan fingerprint density at radius 1 is 1.00 bits per heavy atom. The van der Waals surface area contributed by atoms with Crippen molar-refractivity contribution < 1.29 is 28.7 Å². The Morgan fingerprint density at radius 2 is 1.71 bits per heavy atom. The van der Waals surface area contributed by atoms with Gasteiger partial charge >= 0.3 is 12.1 Å². The van der Waals surface area contributed by atoms with Crippen LogP contribution in [0.5, 0.6) is 0 Å². The molecule has 0 aliphatic rings. The Hall–Kier alpha value is -2.62.